The maximum absolute atomic E-state index is 11.5. The van der Waals surface area contributed by atoms with Gasteiger partial charge in [-0.25, -0.2) is 0 Å². The van der Waals surface area contributed by atoms with Gasteiger partial charge in [0.15, 0.2) is 0 Å². The SMILES string of the molecule is O=C([O-])C1Nc2cc(Cl)cc(Cl)c2C2c3cc(Cl)ccc3OC12.[Na+]. The second-order valence-electron chi connectivity index (χ2n) is 5.53. The molecule has 2 aromatic carbocycles. The van der Waals surface area contributed by atoms with Crippen molar-refractivity contribution in [2.24, 2.45) is 0 Å². The largest absolute Gasteiger partial charge is 1.00 e. The van der Waals surface area contributed by atoms with E-state index in [2.05, 4.69) is 5.32 Å². The van der Waals surface area contributed by atoms with Crippen LogP contribution in [-0.2, 0) is 4.79 Å². The van der Waals surface area contributed by atoms with Crippen LogP contribution < -0.4 is 44.7 Å². The number of carbonyl (C=O) groups is 1. The van der Waals surface area contributed by atoms with Gasteiger partial charge in [-0.1, -0.05) is 34.8 Å². The van der Waals surface area contributed by atoms with E-state index < -0.39 is 18.1 Å². The second-order valence-corrected chi connectivity index (χ2v) is 6.81. The van der Waals surface area contributed by atoms with E-state index in [1.165, 1.54) is 0 Å². The van der Waals surface area contributed by atoms with Gasteiger partial charge in [0.1, 0.15) is 17.9 Å². The molecule has 0 fully saturated rings. The van der Waals surface area contributed by atoms with Crippen molar-refractivity contribution in [3.05, 3.63) is 56.5 Å². The predicted octanol–water partition coefficient (Wildman–Crippen LogP) is 0.0877. The Hall–Kier alpha value is -0.620. The number of carbonyl (C=O) groups excluding carboxylic acids is 1. The summed E-state index contributed by atoms with van der Waals surface area (Å²) in [7, 11) is 0. The summed E-state index contributed by atoms with van der Waals surface area (Å²) in [6, 6.07) is 7.46. The van der Waals surface area contributed by atoms with Crippen LogP contribution in [0.5, 0.6) is 5.75 Å². The second kappa shape index (κ2) is 6.60. The molecular weight excluding hydrogens is 384 g/mol. The summed E-state index contributed by atoms with van der Waals surface area (Å²) < 4.78 is 5.85. The Bertz CT molecular complexity index is 846. The van der Waals surface area contributed by atoms with E-state index in [0.29, 0.717) is 26.5 Å². The first-order valence-electron chi connectivity index (χ1n) is 6.88. The molecule has 118 valence electrons. The van der Waals surface area contributed by atoms with Crippen LogP contribution in [0.4, 0.5) is 5.69 Å². The number of aliphatic carboxylic acids is 1. The zero-order chi connectivity index (χ0) is 16.3. The zero-order valence-corrected chi connectivity index (χ0v) is 16.7. The molecule has 0 amide bonds. The molecule has 0 aromatic heterocycles. The summed E-state index contributed by atoms with van der Waals surface area (Å²) >= 11 is 18.5. The number of carboxylic acids is 1. The minimum atomic E-state index is -1.25. The van der Waals surface area contributed by atoms with Gasteiger partial charge < -0.3 is 20.0 Å². The monoisotopic (exact) mass is 391 g/mol. The molecule has 1 N–H and O–H groups in total. The van der Waals surface area contributed by atoms with Gasteiger partial charge in [-0.3, -0.25) is 0 Å². The third-order valence-electron chi connectivity index (χ3n) is 4.20. The maximum atomic E-state index is 11.5. The van der Waals surface area contributed by atoms with Gasteiger partial charge >= 0.3 is 29.6 Å². The summed E-state index contributed by atoms with van der Waals surface area (Å²) in [5, 5.41) is 15.9. The molecule has 2 aliphatic heterocycles. The number of carboxylic acid groups (broad SMARTS) is 1. The average Bonchev–Trinajstić information content (AvgIpc) is 2.84. The maximum Gasteiger partial charge on any atom is 1.00 e. The fourth-order valence-corrected chi connectivity index (χ4v) is 4.10. The minimum Gasteiger partial charge on any atom is -0.548 e. The molecule has 4 rings (SSSR count). The first-order chi connectivity index (χ1) is 11.0. The smallest absolute Gasteiger partial charge is 0.548 e. The number of hydrogen-bond acceptors (Lipinski definition) is 4. The van der Waals surface area contributed by atoms with Crippen molar-refractivity contribution in [1.82, 2.24) is 0 Å². The van der Waals surface area contributed by atoms with Gasteiger partial charge in [0.2, 0.25) is 0 Å². The number of fused-ring (bicyclic) bond motifs is 5. The summed E-state index contributed by atoms with van der Waals surface area (Å²) in [6.07, 6.45) is -0.667. The number of ether oxygens (including phenoxy) is 1. The van der Waals surface area contributed by atoms with Crippen LogP contribution in [-0.4, -0.2) is 18.1 Å². The van der Waals surface area contributed by atoms with E-state index in [0.717, 1.165) is 11.1 Å². The van der Waals surface area contributed by atoms with Crippen molar-refractivity contribution in [2.75, 3.05) is 5.32 Å². The van der Waals surface area contributed by atoms with Crippen LogP contribution in [0.15, 0.2) is 30.3 Å². The Morgan fingerprint density at radius 2 is 1.88 bits per heavy atom. The first-order valence-corrected chi connectivity index (χ1v) is 8.01. The molecule has 2 aromatic rings. The van der Waals surface area contributed by atoms with Crippen molar-refractivity contribution < 1.29 is 44.2 Å². The van der Waals surface area contributed by atoms with E-state index in [1.54, 1.807) is 30.3 Å². The van der Waals surface area contributed by atoms with Crippen molar-refractivity contribution in [3.63, 3.8) is 0 Å². The predicted molar refractivity (Wildman–Crippen MR) is 86.6 cm³/mol. The molecule has 0 radical (unpaired) electrons. The van der Waals surface area contributed by atoms with Gasteiger partial charge in [0, 0.05) is 31.9 Å². The van der Waals surface area contributed by atoms with Gasteiger partial charge in [-0.05, 0) is 30.3 Å². The van der Waals surface area contributed by atoms with Crippen LogP contribution >= 0.6 is 34.8 Å². The van der Waals surface area contributed by atoms with Crippen LogP contribution in [0.25, 0.3) is 0 Å². The quantitative estimate of drug-likeness (QED) is 0.699. The zero-order valence-electron chi connectivity index (χ0n) is 12.5. The Morgan fingerprint density at radius 1 is 1.12 bits per heavy atom. The van der Waals surface area contributed by atoms with Crippen LogP contribution in [0.1, 0.15) is 17.0 Å². The van der Waals surface area contributed by atoms with E-state index in [-0.39, 0.29) is 35.5 Å². The number of benzene rings is 2. The van der Waals surface area contributed by atoms with Gasteiger partial charge in [-0.15, -0.1) is 0 Å². The molecule has 2 heterocycles. The molecule has 3 atom stereocenters. The Kier molecular flexibility index (Phi) is 5.00. The summed E-state index contributed by atoms with van der Waals surface area (Å²) in [6.45, 7) is 0. The van der Waals surface area contributed by atoms with Crippen LogP contribution in [0, 0.1) is 0 Å². The topological polar surface area (TPSA) is 61.4 Å². The molecule has 3 unspecified atom stereocenters. The van der Waals surface area contributed by atoms with Crippen molar-refractivity contribution in [2.45, 2.75) is 18.1 Å². The minimum absolute atomic E-state index is 0. The number of nitrogens with one attached hydrogen (secondary N) is 1. The average molecular weight is 393 g/mol. The molecule has 0 aliphatic carbocycles. The fraction of sp³-hybridized carbons (Fsp3) is 0.188. The molecule has 8 heteroatoms. The van der Waals surface area contributed by atoms with Crippen LogP contribution in [0.3, 0.4) is 0 Å². The molecule has 24 heavy (non-hydrogen) atoms. The number of anilines is 1. The fourth-order valence-electron chi connectivity index (χ4n) is 3.30. The van der Waals surface area contributed by atoms with Gasteiger partial charge in [-0.2, -0.15) is 0 Å². The molecule has 0 saturated heterocycles. The molecule has 0 bridgehead atoms. The summed E-state index contributed by atoms with van der Waals surface area (Å²) in [4.78, 5) is 11.5. The number of hydrogen-bond donors (Lipinski definition) is 1. The van der Waals surface area contributed by atoms with Crippen molar-refractivity contribution in [3.8, 4) is 5.75 Å². The third kappa shape index (κ3) is 2.79. The van der Waals surface area contributed by atoms with E-state index in [4.69, 9.17) is 39.5 Å². The normalized spacial score (nSPS) is 23.0. The molecule has 2 aliphatic rings. The molecular formula is C16H9Cl3NNaO3. The molecule has 0 spiro atoms. The van der Waals surface area contributed by atoms with Crippen LogP contribution in [0.2, 0.25) is 15.1 Å². The molecule has 0 saturated carbocycles. The molecule has 4 nitrogen and oxygen atoms in total. The number of halogens is 3. The van der Waals surface area contributed by atoms with Crippen molar-refractivity contribution in [1.29, 1.82) is 0 Å². The Balaban J connectivity index is 0.00000169. The third-order valence-corrected chi connectivity index (χ3v) is 4.96. The van der Waals surface area contributed by atoms with Gasteiger partial charge in [0.05, 0.1) is 11.9 Å². The van der Waals surface area contributed by atoms with E-state index in [1.807, 2.05) is 0 Å². The first kappa shape index (κ1) is 18.2. The van der Waals surface area contributed by atoms with Crippen molar-refractivity contribution >= 4 is 46.5 Å². The Labute approximate surface area is 175 Å². The summed E-state index contributed by atoms with van der Waals surface area (Å²) in [5.74, 6) is -1.01. The van der Waals surface area contributed by atoms with E-state index >= 15 is 0 Å². The van der Waals surface area contributed by atoms with E-state index in [9.17, 15) is 9.90 Å². The summed E-state index contributed by atoms with van der Waals surface area (Å²) in [5.41, 5.74) is 2.12. The Morgan fingerprint density at radius 3 is 2.58 bits per heavy atom. The van der Waals surface area contributed by atoms with Gasteiger partial charge in [0.25, 0.3) is 0 Å². The number of rotatable bonds is 1. The standard InChI is InChI=1S/C16H10Cl3NO3.Na/c17-6-1-2-11-8(3-6)12-13-9(19)4-7(18)5-10(13)20-14(16(21)22)15(12)23-11;/h1-5,12,14-15,20H,(H,21,22);/q;+1/p-1.